The molecule has 31 heavy (non-hydrogen) atoms. The topological polar surface area (TPSA) is 119 Å². The van der Waals surface area contributed by atoms with Crippen molar-refractivity contribution in [2.75, 3.05) is 12.4 Å². The van der Waals surface area contributed by atoms with Crippen LogP contribution in [0.5, 0.6) is 17.4 Å². The van der Waals surface area contributed by atoms with Crippen LogP contribution in [0.3, 0.4) is 0 Å². The van der Waals surface area contributed by atoms with E-state index in [1.165, 1.54) is 49.2 Å². The summed E-state index contributed by atoms with van der Waals surface area (Å²) in [4.78, 5) is 19.9. The van der Waals surface area contributed by atoms with Gasteiger partial charge in [0, 0.05) is 23.2 Å². The van der Waals surface area contributed by atoms with Gasteiger partial charge in [0.1, 0.15) is 18.0 Å². The molecule has 0 saturated carbocycles. The average Bonchev–Trinajstić information content (AvgIpc) is 3.24. The van der Waals surface area contributed by atoms with Crippen molar-refractivity contribution in [3.8, 4) is 17.4 Å². The lowest BCUT2D eigenvalue weighted by molar-refractivity contribution is 0.0671. The predicted octanol–water partition coefficient (Wildman–Crippen LogP) is 4.68. The zero-order valence-electron chi connectivity index (χ0n) is 15.8. The van der Waals surface area contributed by atoms with Gasteiger partial charge in [0.2, 0.25) is 0 Å². The van der Waals surface area contributed by atoms with Gasteiger partial charge < -0.3 is 19.2 Å². The molecule has 4 rings (SSSR count). The third-order valence-corrected chi connectivity index (χ3v) is 4.51. The van der Waals surface area contributed by atoms with Gasteiger partial charge in [-0.15, -0.1) is 0 Å². The summed E-state index contributed by atoms with van der Waals surface area (Å²) >= 11 is 5.85. The van der Waals surface area contributed by atoms with Crippen LogP contribution in [0.4, 0.5) is 15.9 Å². The van der Waals surface area contributed by atoms with Crippen LogP contribution < -0.4 is 20.3 Å². The molecule has 11 heteroatoms. The molecule has 0 atom stereocenters. The lowest BCUT2D eigenvalue weighted by Gasteiger charge is -2.13. The van der Waals surface area contributed by atoms with Crippen molar-refractivity contribution in [3.05, 3.63) is 65.4 Å². The van der Waals surface area contributed by atoms with Crippen LogP contribution >= 0.6 is 11.6 Å². The second-order valence-electron chi connectivity index (χ2n) is 6.16. The molecule has 0 aliphatic heterocycles. The minimum absolute atomic E-state index is 0.00655. The lowest BCUT2D eigenvalue weighted by atomic mass is 10.2. The molecule has 0 bridgehead atoms. The fourth-order valence-electron chi connectivity index (χ4n) is 2.77. The van der Waals surface area contributed by atoms with Crippen molar-refractivity contribution >= 4 is 39.9 Å². The van der Waals surface area contributed by atoms with Gasteiger partial charge in [-0.1, -0.05) is 11.6 Å². The van der Waals surface area contributed by atoms with E-state index >= 15 is 0 Å². The fourth-order valence-corrected chi connectivity index (χ4v) is 2.95. The van der Waals surface area contributed by atoms with Crippen molar-refractivity contribution in [1.29, 1.82) is 0 Å². The lowest BCUT2D eigenvalue weighted by Crippen LogP contribution is -2.17. The number of ether oxygens (including phenoxy) is 2. The van der Waals surface area contributed by atoms with Crippen LogP contribution in [0.1, 0.15) is 10.6 Å². The van der Waals surface area contributed by atoms with Crippen molar-refractivity contribution in [2.45, 2.75) is 0 Å². The van der Waals surface area contributed by atoms with Crippen molar-refractivity contribution in [2.24, 2.45) is 0 Å². The number of anilines is 2. The Hall–Kier alpha value is -3.89. The summed E-state index contributed by atoms with van der Waals surface area (Å²) in [5.74, 6) is -0.475. The monoisotopic (exact) mass is 444 g/mol. The molecular formula is C20H14ClFN4O5. The highest BCUT2D eigenvalue weighted by atomic mass is 35.5. The smallest absolute Gasteiger partial charge is 0.310 e. The minimum atomic E-state index is -0.821. The fraction of sp³-hybridized carbons (Fsp3) is 0.0500. The van der Waals surface area contributed by atoms with Gasteiger partial charge in [-0.3, -0.25) is 10.0 Å². The van der Waals surface area contributed by atoms with Gasteiger partial charge >= 0.3 is 5.91 Å². The molecule has 0 saturated heterocycles. The zero-order chi connectivity index (χ0) is 22.0. The maximum Gasteiger partial charge on any atom is 0.310 e. The number of methoxy groups -OCH3 is 1. The average molecular weight is 445 g/mol. The second-order valence-corrected chi connectivity index (χ2v) is 6.57. The van der Waals surface area contributed by atoms with Crippen molar-refractivity contribution in [3.63, 3.8) is 0 Å². The molecule has 0 aliphatic rings. The van der Waals surface area contributed by atoms with Gasteiger partial charge in [-0.25, -0.2) is 19.8 Å². The Balaban J connectivity index is 1.72. The molecule has 0 spiro atoms. The van der Waals surface area contributed by atoms with E-state index in [-0.39, 0.29) is 22.5 Å². The van der Waals surface area contributed by atoms with Crippen LogP contribution in [-0.2, 0) is 0 Å². The number of benzene rings is 2. The Morgan fingerprint density at radius 3 is 2.74 bits per heavy atom. The third-order valence-electron chi connectivity index (χ3n) is 4.22. The summed E-state index contributed by atoms with van der Waals surface area (Å²) in [5, 5.41) is 12.3. The first-order valence-corrected chi connectivity index (χ1v) is 9.13. The van der Waals surface area contributed by atoms with Gasteiger partial charge in [-0.05, 0) is 30.3 Å². The van der Waals surface area contributed by atoms with E-state index < -0.39 is 11.7 Å². The Bertz CT molecular complexity index is 1280. The molecule has 158 valence electrons. The zero-order valence-corrected chi connectivity index (χ0v) is 16.6. The van der Waals surface area contributed by atoms with E-state index in [2.05, 4.69) is 15.3 Å². The second kappa shape index (κ2) is 8.46. The maximum atomic E-state index is 13.4. The SMILES string of the molecule is COc1cc2ncnc(Nc3ccc(F)c(Cl)c3)c2cc1Oc1ccc(C(=O)NO)o1. The Kier molecular flexibility index (Phi) is 5.56. The number of amides is 1. The first kappa shape index (κ1) is 20.4. The van der Waals surface area contributed by atoms with Crippen LogP contribution in [0.2, 0.25) is 5.02 Å². The van der Waals surface area contributed by atoms with Gasteiger partial charge in [0.05, 0.1) is 17.6 Å². The number of nitrogens with one attached hydrogen (secondary N) is 2. The molecule has 0 aliphatic carbocycles. The van der Waals surface area contributed by atoms with E-state index in [9.17, 15) is 9.18 Å². The molecule has 1 amide bonds. The Morgan fingerprint density at radius 2 is 2.00 bits per heavy atom. The molecule has 4 aromatic rings. The van der Waals surface area contributed by atoms with Gasteiger partial charge in [0.15, 0.2) is 17.3 Å². The van der Waals surface area contributed by atoms with Crippen molar-refractivity contribution in [1.82, 2.24) is 15.4 Å². The standard InChI is InChI=1S/C20H14ClFN4O5/c1-29-16-8-14-11(7-17(16)31-18-5-4-15(30-18)20(27)26-28)19(24-9-23-14)25-10-2-3-13(22)12(21)6-10/h2-9,28H,1H3,(H,26,27)(H,23,24,25). The van der Waals surface area contributed by atoms with Gasteiger partial charge in [-0.2, -0.15) is 0 Å². The number of halogens is 2. The normalized spacial score (nSPS) is 10.7. The number of hydroxylamine groups is 1. The minimum Gasteiger partial charge on any atom is -0.493 e. The van der Waals surface area contributed by atoms with E-state index in [0.717, 1.165) is 0 Å². The molecule has 9 nitrogen and oxygen atoms in total. The first-order chi connectivity index (χ1) is 15.0. The van der Waals surface area contributed by atoms with E-state index in [1.54, 1.807) is 12.1 Å². The number of furan rings is 1. The van der Waals surface area contributed by atoms with Crippen LogP contribution in [0.25, 0.3) is 10.9 Å². The summed E-state index contributed by atoms with van der Waals surface area (Å²) in [6.07, 6.45) is 1.36. The number of aromatic nitrogens is 2. The largest absolute Gasteiger partial charge is 0.493 e. The highest BCUT2D eigenvalue weighted by Crippen LogP contribution is 2.38. The molecular weight excluding hydrogens is 431 g/mol. The maximum absolute atomic E-state index is 13.4. The first-order valence-electron chi connectivity index (χ1n) is 8.75. The van der Waals surface area contributed by atoms with Crippen LogP contribution in [0, 0.1) is 5.82 Å². The molecule has 3 N–H and O–H groups in total. The molecule has 0 radical (unpaired) electrons. The van der Waals surface area contributed by atoms with E-state index in [4.69, 9.17) is 30.7 Å². The summed E-state index contributed by atoms with van der Waals surface area (Å²) < 4.78 is 29.8. The Morgan fingerprint density at radius 1 is 1.16 bits per heavy atom. The number of hydrogen-bond donors (Lipinski definition) is 3. The van der Waals surface area contributed by atoms with Gasteiger partial charge in [0.25, 0.3) is 5.95 Å². The summed E-state index contributed by atoms with van der Waals surface area (Å²) in [7, 11) is 1.46. The number of carbonyl (C=O) groups is 1. The molecule has 2 aromatic carbocycles. The molecule has 0 fully saturated rings. The third kappa shape index (κ3) is 4.20. The van der Waals surface area contributed by atoms with E-state index in [0.29, 0.717) is 28.2 Å². The van der Waals surface area contributed by atoms with Crippen LogP contribution in [-0.4, -0.2) is 28.2 Å². The van der Waals surface area contributed by atoms with Crippen molar-refractivity contribution < 1.29 is 28.3 Å². The highest BCUT2D eigenvalue weighted by molar-refractivity contribution is 6.31. The quantitative estimate of drug-likeness (QED) is 0.290. The number of carbonyl (C=O) groups excluding carboxylic acids is 1. The molecule has 2 aromatic heterocycles. The molecule has 2 heterocycles. The summed E-state index contributed by atoms with van der Waals surface area (Å²) in [6, 6.07) is 10.2. The number of hydrogen-bond acceptors (Lipinski definition) is 8. The van der Waals surface area contributed by atoms with E-state index in [1.807, 2.05) is 0 Å². The van der Waals surface area contributed by atoms with Crippen LogP contribution in [0.15, 0.2) is 53.2 Å². The number of fused-ring (bicyclic) bond motifs is 1. The molecule has 0 unspecified atom stereocenters. The number of rotatable bonds is 6. The predicted molar refractivity (Wildman–Crippen MR) is 109 cm³/mol. The Labute approximate surface area is 179 Å². The number of nitrogens with zero attached hydrogens (tertiary/aromatic N) is 2. The highest BCUT2D eigenvalue weighted by Gasteiger charge is 2.16. The summed E-state index contributed by atoms with van der Waals surface area (Å²) in [5.41, 5.74) is 2.55. The summed E-state index contributed by atoms with van der Waals surface area (Å²) in [6.45, 7) is 0.